The van der Waals surface area contributed by atoms with E-state index in [9.17, 15) is 4.79 Å². The zero-order valence-electron chi connectivity index (χ0n) is 12.7. The first-order chi connectivity index (χ1) is 10.1. The van der Waals surface area contributed by atoms with E-state index in [4.69, 9.17) is 4.74 Å². The normalized spacial score (nSPS) is 12.1. The van der Waals surface area contributed by atoms with Gasteiger partial charge in [0, 0.05) is 17.8 Å². The summed E-state index contributed by atoms with van der Waals surface area (Å²) in [4.78, 5) is 20.7. The average molecular weight is 282 g/mol. The molecule has 0 amide bonds. The number of hydrogen-bond donors (Lipinski definition) is 0. The topological polar surface area (TPSA) is 51.5 Å². The summed E-state index contributed by atoms with van der Waals surface area (Å²) in [5, 5.41) is 0.803. The smallest absolute Gasteiger partial charge is 0.338 e. The number of esters is 1. The van der Waals surface area contributed by atoms with E-state index < -0.39 is 0 Å². The largest absolute Gasteiger partial charge is 0.465 e. The predicted octanol–water partition coefficient (Wildman–Crippen LogP) is 3.78. The maximum absolute atomic E-state index is 12.0. The number of carbonyl (C=O) groups excluding carboxylic acids is 1. The highest BCUT2D eigenvalue weighted by atomic mass is 16.5. The van der Waals surface area contributed by atoms with E-state index in [2.05, 4.69) is 9.98 Å². The molecule has 1 aromatic heterocycles. The molecule has 0 saturated heterocycles. The van der Waals surface area contributed by atoms with Crippen LogP contribution in [0.3, 0.4) is 0 Å². The molecule has 0 fully saturated rings. The van der Waals surface area contributed by atoms with Crippen molar-refractivity contribution in [1.82, 2.24) is 4.98 Å². The van der Waals surface area contributed by atoms with E-state index in [-0.39, 0.29) is 5.97 Å². The minimum atomic E-state index is -0.360. The van der Waals surface area contributed by atoms with E-state index in [1.807, 2.05) is 39.0 Å². The van der Waals surface area contributed by atoms with Crippen LogP contribution >= 0.6 is 0 Å². The third-order valence-electron chi connectivity index (χ3n) is 3.19. The standard InChI is InChI=1S/C17H18N2O2/c1-5-18-10-12(3)16-9-14(17(20)21-4)13-8-11(2)6-7-15(13)19-16/h5-10H,1-4H3/b12-10+,18-5?. The van der Waals surface area contributed by atoms with E-state index in [0.29, 0.717) is 5.56 Å². The Balaban J connectivity index is 2.71. The lowest BCUT2D eigenvalue weighted by Gasteiger charge is -2.09. The van der Waals surface area contributed by atoms with Crippen LogP contribution in [0.4, 0.5) is 0 Å². The number of pyridine rings is 1. The van der Waals surface area contributed by atoms with Crippen LogP contribution in [0.5, 0.6) is 0 Å². The van der Waals surface area contributed by atoms with E-state index >= 15 is 0 Å². The number of allylic oxidation sites excluding steroid dienone is 1. The molecule has 0 aliphatic heterocycles. The number of carbonyl (C=O) groups is 1. The molecule has 4 heteroatoms. The minimum Gasteiger partial charge on any atom is -0.465 e. The van der Waals surface area contributed by atoms with Crippen molar-refractivity contribution in [1.29, 1.82) is 0 Å². The Bertz CT molecular complexity index is 746. The highest BCUT2D eigenvalue weighted by molar-refractivity contribution is 6.04. The van der Waals surface area contributed by atoms with Gasteiger partial charge in [0.1, 0.15) is 0 Å². The van der Waals surface area contributed by atoms with Crippen molar-refractivity contribution in [2.24, 2.45) is 4.99 Å². The van der Waals surface area contributed by atoms with Crippen molar-refractivity contribution < 1.29 is 9.53 Å². The van der Waals surface area contributed by atoms with Gasteiger partial charge >= 0.3 is 5.97 Å². The summed E-state index contributed by atoms with van der Waals surface area (Å²) >= 11 is 0. The number of methoxy groups -OCH3 is 1. The van der Waals surface area contributed by atoms with Crippen LogP contribution in [0.15, 0.2) is 35.5 Å². The Morgan fingerprint density at radius 1 is 1.33 bits per heavy atom. The van der Waals surface area contributed by atoms with Crippen molar-refractivity contribution >= 4 is 28.7 Å². The number of fused-ring (bicyclic) bond motifs is 1. The van der Waals surface area contributed by atoms with E-state index in [1.165, 1.54) is 7.11 Å². The Labute approximate surface area is 124 Å². The third kappa shape index (κ3) is 3.16. The van der Waals surface area contributed by atoms with Gasteiger partial charge in [-0.25, -0.2) is 9.78 Å². The van der Waals surface area contributed by atoms with Crippen molar-refractivity contribution in [2.75, 3.05) is 7.11 Å². The highest BCUT2D eigenvalue weighted by Gasteiger charge is 2.14. The summed E-state index contributed by atoms with van der Waals surface area (Å²) in [5.74, 6) is -0.360. The maximum atomic E-state index is 12.0. The monoisotopic (exact) mass is 282 g/mol. The molecule has 108 valence electrons. The van der Waals surface area contributed by atoms with Gasteiger partial charge in [-0.3, -0.25) is 4.99 Å². The number of aryl methyl sites for hydroxylation is 1. The molecule has 0 unspecified atom stereocenters. The van der Waals surface area contributed by atoms with Crippen LogP contribution in [0.1, 0.15) is 35.5 Å². The van der Waals surface area contributed by atoms with Gasteiger partial charge in [-0.1, -0.05) is 11.6 Å². The van der Waals surface area contributed by atoms with Crippen LogP contribution in [0.25, 0.3) is 16.5 Å². The molecule has 0 aliphatic rings. The van der Waals surface area contributed by atoms with Crippen molar-refractivity contribution in [3.8, 4) is 0 Å². The molecule has 0 aliphatic carbocycles. The highest BCUT2D eigenvalue weighted by Crippen LogP contribution is 2.24. The van der Waals surface area contributed by atoms with Gasteiger partial charge in [0.25, 0.3) is 0 Å². The number of ether oxygens (including phenoxy) is 1. The molecule has 0 bridgehead atoms. The fourth-order valence-corrected chi connectivity index (χ4v) is 2.07. The van der Waals surface area contributed by atoms with Crippen LogP contribution < -0.4 is 0 Å². The van der Waals surface area contributed by atoms with Crippen LogP contribution in [0, 0.1) is 6.92 Å². The molecular weight excluding hydrogens is 264 g/mol. The quantitative estimate of drug-likeness (QED) is 0.636. The molecule has 1 aromatic carbocycles. The first kappa shape index (κ1) is 14.9. The summed E-state index contributed by atoms with van der Waals surface area (Å²) in [6.45, 7) is 5.74. The number of aliphatic imine (C=N–C) groups is 1. The van der Waals surface area contributed by atoms with E-state index in [0.717, 1.165) is 27.7 Å². The summed E-state index contributed by atoms with van der Waals surface area (Å²) in [7, 11) is 1.38. The first-order valence-electron chi connectivity index (χ1n) is 6.71. The molecule has 21 heavy (non-hydrogen) atoms. The van der Waals surface area contributed by atoms with Crippen LogP contribution in [-0.4, -0.2) is 24.3 Å². The summed E-state index contributed by atoms with van der Waals surface area (Å²) < 4.78 is 4.88. The molecule has 0 spiro atoms. The van der Waals surface area contributed by atoms with Crippen LogP contribution in [-0.2, 0) is 4.74 Å². The first-order valence-corrected chi connectivity index (χ1v) is 6.71. The zero-order valence-corrected chi connectivity index (χ0v) is 12.7. The van der Waals surface area contributed by atoms with Gasteiger partial charge in [0.15, 0.2) is 0 Å². The molecule has 1 heterocycles. The fraction of sp³-hybridized carbons (Fsp3) is 0.235. The minimum absolute atomic E-state index is 0.360. The van der Waals surface area contributed by atoms with Crippen LogP contribution in [0.2, 0.25) is 0 Å². The van der Waals surface area contributed by atoms with Gasteiger partial charge in [0.05, 0.1) is 23.9 Å². The molecule has 0 saturated carbocycles. The van der Waals surface area contributed by atoms with Crippen molar-refractivity contribution in [2.45, 2.75) is 20.8 Å². The summed E-state index contributed by atoms with van der Waals surface area (Å²) in [6.07, 6.45) is 3.43. The lowest BCUT2D eigenvalue weighted by Crippen LogP contribution is -2.04. The molecule has 2 aromatic rings. The second kappa shape index (κ2) is 6.31. The van der Waals surface area contributed by atoms with Gasteiger partial charge < -0.3 is 4.74 Å². The average Bonchev–Trinajstić information content (AvgIpc) is 2.50. The molecule has 0 N–H and O–H groups in total. The van der Waals surface area contributed by atoms with Crippen molar-refractivity contribution in [3.63, 3.8) is 0 Å². The van der Waals surface area contributed by atoms with Crippen molar-refractivity contribution in [3.05, 3.63) is 47.3 Å². The van der Waals surface area contributed by atoms with Gasteiger partial charge in [0.2, 0.25) is 0 Å². The number of hydrogen-bond acceptors (Lipinski definition) is 4. The second-order valence-corrected chi connectivity index (χ2v) is 4.79. The Morgan fingerprint density at radius 2 is 2.10 bits per heavy atom. The maximum Gasteiger partial charge on any atom is 0.338 e. The summed E-state index contributed by atoms with van der Waals surface area (Å²) in [5.41, 5.74) is 3.98. The number of benzene rings is 1. The second-order valence-electron chi connectivity index (χ2n) is 4.79. The van der Waals surface area contributed by atoms with Gasteiger partial charge in [-0.15, -0.1) is 0 Å². The molecule has 0 atom stereocenters. The molecule has 0 radical (unpaired) electrons. The Kier molecular flexibility index (Phi) is 4.48. The molecule has 2 rings (SSSR count). The zero-order chi connectivity index (χ0) is 15.4. The Hall–Kier alpha value is -2.49. The summed E-state index contributed by atoms with van der Waals surface area (Å²) in [6, 6.07) is 7.59. The lowest BCUT2D eigenvalue weighted by atomic mass is 10.0. The van der Waals surface area contributed by atoms with E-state index in [1.54, 1.807) is 18.5 Å². The fourth-order valence-electron chi connectivity index (χ4n) is 2.07. The van der Waals surface area contributed by atoms with Gasteiger partial charge in [-0.2, -0.15) is 0 Å². The SMILES string of the molecule is CC=N/C=C(\C)c1cc(C(=O)OC)c2cc(C)ccc2n1. The Morgan fingerprint density at radius 3 is 2.76 bits per heavy atom. The third-order valence-corrected chi connectivity index (χ3v) is 3.19. The number of rotatable bonds is 3. The predicted molar refractivity (Wildman–Crippen MR) is 85.6 cm³/mol. The molecular formula is C17H18N2O2. The van der Waals surface area contributed by atoms with Gasteiger partial charge in [-0.05, 0) is 44.5 Å². The number of nitrogens with zero attached hydrogens (tertiary/aromatic N) is 2. The lowest BCUT2D eigenvalue weighted by molar-refractivity contribution is 0.0603. The number of aromatic nitrogens is 1. The molecule has 4 nitrogen and oxygen atoms in total.